The number of carbonyl (C=O) groups excluding carboxylic acids is 1. The zero-order valence-corrected chi connectivity index (χ0v) is 10.0. The van der Waals surface area contributed by atoms with Gasteiger partial charge in [0.2, 0.25) is 0 Å². The molecule has 1 aliphatic heterocycles. The van der Waals surface area contributed by atoms with Crippen LogP contribution in [0.2, 0.25) is 0 Å². The van der Waals surface area contributed by atoms with Crippen LogP contribution in [0.15, 0.2) is 30.7 Å². The van der Waals surface area contributed by atoms with E-state index in [1.165, 1.54) is 5.56 Å². The lowest BCUT2D eigenvalue weighted by Crippen LogP contribution is -2.03. The van der Waals surface area contributed by atoms with Crippen molar-refractivity contribution in [2.75, 3.05) is 5.32 Å². The highest BCUT2D eigenvalue weighted by molar-refractivity contribution is 6.34. The number of rotatable bonds is 2. The summed E-state index contributed by atoms with van der Waals surface area (Å²) in [5.41, 5.74) is 4.58. The Bertz CT molecular complexity index is 626. The van der Waals surface area contributed by atoms with Gasteiger partial charge >= 0.3 is 0 Å². The fourth-order valence-electron chi connectivity index (χ4n) is 2.10. The Morgan fingerprint density at radius 1 is 1.39 bits per heavy atom. The Balaban J connectivity index is 2.10. The number of anilines is 1. The minimum atomic E-state index is -0.0622. The summed E-state index contributed by atoms with van der Waals surface area (Å²) < 4.78 is 0. The number of nitrogens with one attached hydrogen (secondary N) is 2. The van der Waals surface area contributed by atoms with E-state index in [0.717, 1.165) is 23.4 Å². The molecule has 2 heterocycles. The van der Waals surface area contributed by atoms with Gasteiger partial charge in [-0.2, -0.15) is 0 Å². The number of carbonyl (C=O) groups is 1. The molecule has 4 nitrogen and oxygen atoms in total. The summed E-state index contributed by atoms with van der Waals surface area (Å²) in [6.07, 6.45) is 6.08. The lowest BCUT2D eigenvalue weighted by atomic mass is 10.0. The lowest BCUT2D eigenvalue weighted by molar-refractivity contribution is -0.110. The van der Waals surface area contributed by atoms with Crippen molar-refractivity contribution < 1.29 is 4.79 Å². The molecule has 0 aliphatic carbocycles. The van der Waals surface area contributed by atoms with Gasteiger partial charge in [0, 0.05) is 11.3 Å². The van der Waals surface area contributed by atoms with E-state index in [1.54, 1.807) is 12.5 Å². The average molecular weight is 239 g/mol. The van der Waals surface area contributed by atoms with Crippen LogP contribution in [0, 0.1) is 0 Å². The highest BCUT2D eigenvalue weighted by atomic mass is 16.2. The molecule has 0 bridgehead atoms. The van der Waals surface area contributed by atoms with Gasteiger partial charge in [0.1, 0.15) is 0 Å². The van der Waals surface area contributed by atoms with Gasteiger partial charge in [-0.1, -0.05) is 13.0 Å². The van der Waals surface area contributed by atoms with Gasteiger partial charge in [-0.3, -0.25) is 4.79 Å². The summed E-state index contributed by atoms with van der Waals surface area (Å²) in [5, 5.41) is 2.87. The molecular formula is C14H13N3O. The van der Waals surface area contributed by atoms with Gasteiger partial charge in [0.15, 0.2) is 0 Å². The van der Waals surface area contributed by atoms with Crippen molar-refractivity contribution in [1.82, 2.24) is 9.97 Å². The summed E-state index contributed by atoms with van der Waals surface area (Å²) in [6.45, 7) is 2.10. The first kappa shape index (κ1) is 10.8. The number of aromatic nitrogens is 2. The van der Waals surface area contributed by atoms with Gasteiger partial charge in [0.05, 0.1) is 23.8 Å². The molecule has 0 unspecified atom stereocenters. The number of H-pyrrole nitrogens is 1. The van der Waals surface area contributed by atoms with Crippen LogP contribution in [0.4, 0.5) is 5.69 Å². The Labute approximate surface area is 105 Å². The van der Waals surface area contributed by atoms with Crippen LogP contribution < -0.4 is 5.32 Å². The summed E-state index contributed by atoms with van der Waals surface area (Å²) in [6, 6.07) is 6.06. The molecule has 1 aliphatic rings. The lowest BCUT2D eigenvalue weighted by Gasteiger charge is -2.01. The molecule has 0 spiro atoms. The van der Waals surface area contributed by atoms with Crippen LogP contribution in [0.1, 0.15) is 23.7 Å². The second-order valence-electron chi connectivity index (χ2n) is 4.25. The predicted molar refractivity (Wildman–Crippen MR) is 70.9 cm³/mol. The van der Waals surface area contributed by atoms with Crippen molar-refractivity contribution >= 4 is 23.2 Å². The molecule has 18 heavy (non-hydrogen) atoms. The maximum absolute atomic E-state index is 11.9. The first-order valence-electron chi connectivity index (χ1n) is 5.92. The standard InChI is InChI=1S/C14H13N3O/c1-2-9-3-4-13-11(5-9)12(14(18)17-13)6-10-7-15-8-16-10/h3-8H,2H2,1H3,(H,15,16)(H,17,18)/b12-6+. The molecule has 1 aromatic heterocycles. The number of imidazole rings is 1. The quantitative estimate of drug-likeness (QED) is 0.791. The normalized spacial score (nSPS) is 15.8. The molecule has 1 amide bonds. The summed E-state index contributed by atoms with van der Waals surface area (Å²) in [5.74, 6) is -0.0622. The monoisotopic (exact) mass is 239 g/mol. The molecule has 0 saturated heterocycles. The van der Waals surface area contributed by atoms with Crippen molar-refractivity contribution in [3.8, 4) is 0 Å². The number of aryl methyl sites for hydroxylation is 1. The third kappa shape index (κ3) is 1.72. The molecule has 2 aromatic rings. The van der Waals surface area contributed by atoms with Crippen LogP contribution in [-0.2, 0) is 11.2 Å². The summed E-state index contributed by atoms with van der Waals surface area (Å²) in [4.78, 5) is 18.9. The fourth-order valence-corrected chi connectivity index (χ4v) is 2.10. The Morgan fingerprint density at radius 3 is 3.00 bits per heavy atom. The number of benzene rings is 1. The van der Waals surface area contributed by atoms with Gasteiger partial charge in [-0.25, -0.2) is 4.98 Å². The maximum Gasteiger partial charge on any atom is 0.256 e. The van der Waals surface area contributed by atoms with Gasteiger partial charge in [-0.05, 0) is 30.2 Å². The highest BCUT2D eigenvalue weighted by Gasteiger charge is 2.24. The van der Waals surface area contributed by atoms with Gasteiger partial charge in [0.25, 0.3) is 5.91 Å². The number of nitrogens with zero attached hydrogens (tertiary/aromatic N) is 1. The fraction of sp³-hybridized carbons (Fsp3) is 0.143. The first-order chi connectivity index (χ1) is 8.78. The Hall–Kier alpha value is -2.36. The molecule has 2 N–H and O–H groups in total. The van der Waals surface area contributed by atoms with E-state index in [4.69, 9.17) is 0 Å². The van der Waals surface area contributed by atoms with E-state index in [2.05, 4.69) is 28.3 Å². The Kier molecular flexibility index (Phi) is 2.48. The smallest absolute Gasteiger partial charge is 0.256 e. The van der Waals surface area contributed by atoms with Crippen molar-refractivity contribution in [3.63, 3.8) is 0 Å². The Morgan fingerprint density at radius 2 is 2.28 bits per heavy atom. The number of hydrogen-bond acceptors (Lipinski definition) is 2. The van der Waals surface area contributed by atoms with E-state index in [9.17, 15) is 4.79 Å². The van der Waals surface area contributed by atoms with Crippen LogP contribution in [0.5, 0.6) is 0 Å². The SMILES string of the molecule is CCc1ccc2c(c1)/C(=C\c1cnc[nH]1)C(=O)N2. The molecule has 4 heteroatoms. The van der Waals surface area contributed by atoms with Crippen LogP contribution in [0.3, 0.4) is 0 Å². The van der Waals surface area contributed by atoms with Crippen molar-refractivity contribution in [1.29, 1.82) is 0 Å². The van der Waals surface area contributed by atoms with E-state index in [0.29, 0.717) is 5.57 Å². The topological polar surface area (TPSA) is 57.8 Å². The molecule has 90 valence electrons. The molecular weight excluding hydrogens is 226 g/mol. The number of aromatic amines is 1. The molecule has 0 atom stereocenters. The largest absolute Gasteiger partial charge is 0.345 e. The molecule has 1 aromatic carbocycles. The maximum atomic E-state index is 11.9. The first-order valence-corrected chi connectivity index (χ1v) is 5.92. The minimum Gasteiger partial charge on any atom is -0.345 e. The van der Waals surface area contributed by atoms with Crippen LogP contribution >= 0.6 is 0 Å². The average Bonchev–Trinajstić information content (AvgIpc) is 2.99. The van der Waals surface area contributed by atoms with Crippen molar-refractivity contribution in [3.05, 3.63) is 47.5 Å². The van der Waals surface area contributed by atoms with Crippen LogP contribution in [-0.4, -0.2) is 15.9 Å². The number of hydrogen-bond donors (Lipinski definition) is 2. The van der Waals surface area contributed by atoms with Crippen LogP contribution in [0.25, 0.3) is 11.6 Å². The zero-order chi connectivity index (χ0) is 12.5. The minimum absolute atomic E-state index is 0.0622. The number of amides is 1. The van der Waals surface area contributed by atoms with Gasteiger partial charge < -0.3 is 10.3 Å². The highest BCUT2D eigenvalue weighted by Crippen LogP contribution is 2.33. The molecule has 0 saturated carbocycles. The van der Waals surface area contributed by atoms with E-state index in [-0.39, 0.29) is 5.91 Å². The van der Waals surface area contributed by atoms with E-state index >= 15 is 0 Å². The van der Waals surface area contributed by atoms with Gasteiger partial charge in [-0.15, -0.1) is 0 Å². The van der Waals surface area contributed by atoms with E-state index in [1.807, 2.05) is 18.2 Å². The molecule has 3 rings (SSSR count). The van der Waals surface area contributed by atoms with Crippen molar-refractivity contribution in [2.45, 2.75) is 13.3 Å². The second-order valence-corrected chi connectivity index (χ2v) is 4.25. The zero-order valence-electron chi connectivity index (χ0n) is 10.0. The second kappa shape index (κ2) is 4.14. The van der Waals surface area contributed by atoms with Crippen molar-refractivity contribution in [2.24, 2.45) is 0 Å². The third-order valence-corrected chi connectivity index (χ3v) is 3.09. The predicted octanol–water partition coefficient (Wildman–Crippen LogP) is 2.46. The molecule has 0 fully saturated rings. The number of fused-ring (bicyclic) bond motifs is 1. The molecule has 0 radical (unpaired) electrons. The summed E-state index contributed by atoms with van der Waals surface area (Å²) >= 11 is 0. The van der Waals surface area contributed by atoms with E-state index < -0.39 is 0 Å². The third-order valence-electron chi connectivity index (χ3n) is 3.09. The summed E-state index contributed by atoms with van der Waals surface area (Å²) in [7, 11) is 0.